The number of carbonyl (C=O) groups is 4. The first-order chi connectivity index (χ1) is 14.9. The van der Waals surface area contributed by atoms with Crippen molar-refractivity contribution in [3.63, 3.8) is 0 Å². The van der Waals surface area contributed by atoms with Crippen molar-refractivity contribution >= 4 is 23.5 Å². The fourth-order valence-electron chi connectivity index (χ4n) is 3.64. The van der Waals surface area contributed by atoms with Crippen LogP contribution in [0.15, 0.2) is 54.6 Å². The molecule has 3 amide bonds. The van der Waals surface area contributed by atoms with Crippen molar-refractivity contribution in [2.24, 2.45) is 5.73 Å². The van der Waals surface area contributed by atoms with Crippen LogP contribution in [-0.4, -0.2) is 40.5 Å². The molecule has 1 heterocycles. The van der Waals surface area contributed by atoms with Crippen molar-refractivity contribution in [1.29, 1.82) is 5.26 Å². The molecule has 0 saturated carbocycles. The summed E-state index contributed by atoms with van der Waals surface area (Å²) in [6, 6.07) is 15.9. The van der Waals surface area contributed by atoms with E-state index < -0.39 is 29.7 Å². The summed E-state index contributed by atoms with van der Waals surface area (Å²) in [6.07, 6.45) is 0.605. The van der Waals surface area contributed by atoms with Crippen molar-refractivity contribution in [3.8, 4) is 6.07 Å². The number of hydrogen-bond acceptors (Lipinski definition) is 5. The summed E-state index contributed by atoms with van der Waals surface area (Å²) < 4.78 is 0. The Hall–Kier alpha value is -3.99. The maximum absolute atomic E-state index is 13.0. The number of nitrogens with zero attached hydrogens (tertiary/aromatic N) is 2. The molecule has 0 aliphatic carbocycles. The first kappa shape index (κ1) is 21.7. The van der Waals surface area contributed by atoms with Gasteiger partial charge in [-0.25, -0.2) is 0 Å². The molecule has 1 aliphatic heterocycles. The summed E-state index contributed by atoms with van der Waals surface area (Å²) in [7, 11) is 0. The largest absolute Gasteiger partial charge is 0.363 e. The molecule has 0 aromatic heterocycles. The Bertz CT molecular complexity index is 1050. The Morgan fingerprint density at radius 3 is 2.52 bits per heavy atom. The topological polar surface area (TPSA) is 133 Å². The molecular formula is C23H22N4O4. The number of benzene rings is 2. The van der Waals surface area contributed by atoms with Crippen LogP contribution in [0.2, 0.25) is 0 Å². The number of hydrogen-bond donors (Lipinski definition) is 2. The van der Waals surface area contributed by atoms with Gasteiger partial charge in [-0.2, -0.15) is 5.26 Å². The third-order valence-corrected chi connectivity index (χ3v) is 5.20. The lowest BCUT2D eigenvalue weighted by Gasteiger charge is -2.26. The Balaban J connectivity index is 1.76. The van der Waals surface area contributed by atoms with Gasteiger partial charge >= 0.3 is 0 Å². The van der Waals surface area contributed by atoms with E-state index in [4.69, 9.17) is 11.0 Å². The standard InChI is InChI=1S/C23H22N4O4/c24-13-16-7-4-8-17(11-16)14-27-19(9-10-20(27)28)23(31)26-18(21(29)22(25)30)12-15-5-2-1-3-6-15/h1-8,11,18-19H,9-10,12,14H2,(H2,25,30)(H,26,31)/t18?,19-/m1/s1. The van der Waals surface area contributed by atoms with Gasteiger partial charge in [0.1, 0.15) is 12.1 Å². The lowest BCUT2D eigenvalue weighted by atomic mass is 10.0. The third kappa shape index (κ3) is 5.34. The van der Waals surface area contributed by atoms with Gasteiger partial charge < -0.3 is 16.0 Å². The predicted molar refractivity (Wildman–Crippen MR) is 111 cm³/mol. The van der Waals surface area contributed by atoms with E-state index in [-0.39, 0.29) is 25.3 Å². The fourth-order valence-corrected chi connectivity index (χ4v) is 3.64. The molecule has 1 fully saturated rings. The van der Waals surface area contributed by atoms with Crippen LogP contribution >= 0.6 is 0 Å². The minimum Gasteiger partial charge on any atom is -0.363 e. The molecule has 1 saturated heterocycles. The SMILES string of the molecule is N#Cc1cccc(CN2C(=O)CC[C@@H]2C(=O)NC(Cc2ccccc2)C(=O)C(N)=O)c1. The van der Waals surface area contributed by atoms with E-state index in [0.29, 0.717) is 12.0 Å². The Labute approximate surface area is 179 Å². The molecule has 2 atom stereocenters. The minimum absolute atomic E-state index is 0.110. The molecule has 2 aromatic rings. The maximum Gasteiger partial charge on any atom is 0.287 e. The maximum atomic E-state index is 13.0. The van der Waals surface area contributed by atoms with Gasteiger partial charge in [0.15, 0.2) is 0 Å². The summed E-state index contributed by atoms with van der Waals surface area (Å²) in [6.45, 7) is 0.166. The highest BCUT2D eigenvalue weighted by atomic mass is 16.2. The van der Waals surface area contributed by atoms with Gasteiger partial charge in [0, 0.05) is 19.4 Å². The number of rotatable bonds is 8. The van der Waals surface area contributed by atoms with Crippen LogP contribution in [0.5, 0.6) is 0 Å². The fraction of sp³-hybridized carbons (Fsp3) is 0.261. The lowest BCUT2D eigenvalue weighted by Crippen LogP contribution is -2.53. The van der Waals surface area contributed by atoms with E-state index in [1.54, 1.807) is 48.5 Å². The first-order valence-corrected chi connectivity index (χ1v) is 9.85. The second kappa shape index (κ2) is 9.67. The van der Waals surface area contributed by atoms with Crippen LogP contribution in [0.4, 0.5) is 0 Å². The Morgan fingerprint density at radius 1 is 1.13 bits per heavy atom. The average molecular weight is 418 g/mol. The molecule has 8 heteroatoms. The molecule has 1 aliphatic rings. The van der Waals surface area contributed by atoms with Crippen LogP contribution in [-0.2, 0) is 32.1 Å². The predicted octanol–water partition coefficient (Wildman–Crippen LogP) is 0.831. The highest BCUT2D eigenvalue weighted by molar-refractivity contribution is 6.37. The number of nitrogens with one attached hydrogen (secondary N) is 1. The molecule has 3 N–H and O–H groups in total. The highest BCUT2D eigenvalue weighted by Crippen LogP contribution is 2.22. The smallest absolute Gasteiger partial charge is 0.287 e. The van der Waals surface area contributed by atoms with E-state index in [1.165, 1.54) is 4.90 Å². The zero-order chi connectivity index (χ0) is 22.4. The number of nitriles is 1. The van der Waals surface area contributed by atoms with E-state index in [1.807, 2.05) is 12.1 Å². The molecule has 31 heavy (non-hydrogen) atoms. The van der Waals surface area contributed by atoms with E-state index in [2.05, 4.69) is 5.32 Å². The van der Waals surface area contributed by atoms with Crippen LogP contribution in [0.25, 0.3) is 0 Å². The van der Waals surface area contributed by atoms with E-state index in [0.717, 1.165) is 11.1 Å². The molecular weight excluding hydrogens is 396 g/mol. The van der Waals surface area contributed by atoms with Gasteiger partial charge in [-0.1, -0.05) is 42.5 Å². The highest BCUT2D eigenvalue weighted by Gasteiger charge is 2.38. The number of primary amides is 1. The summed E-state index contributed by atoms with van der Waals surface area (Å²) in [5, 5.41) is 11.7. The van der Waals surface area contributed by atoms with Gasteiger partial charge in [-0.15, -0.1) is 0 Å². The molecule has 0 bridgehead atoms. The Kier molecular flexibility index (Phi) is 6.78. The molecule has 2 aromatic carbocycles. The Morgan fingerprint density at radius 2 is 1.84 bits per heavy atom. The van der Waals surface area contributed by atoms with Gasteiger partial charge in [-0.05, 0) is 29.7 Å². The number of amides is 3. The van der Waals surface area contributed by atoms with Crippen molar-refractivity contribution in [2.75, 3.05) is 0 Å². The molecule has 3 rings (SSSR count). The molecule has 0 spiro atoms. The normalized spacial score (nSPS) is 16.4. The van der Waals surface area contributed by atoms with Gasteiger partial charge in [0.25, 0.3) is 5.91 Å². The summed E-state index contributed by atoms with van der Waals surface area (Å²) >= 11 is 0. The molecule has 8 nitrogen and oxygen atoms in total. The van der Waals surface area contributed by atoms with Crippen molar-refractivity contribution < 1.29 is 19.2 Å². The van der Waals surface area contributed by atoms with Crippen LogP contribution < -0.4 is 11.1 Å². The van der Waals surface area contributed by atoms with Crippen LogP contribution in [0, 0.1) is 11.3 Å². The van der Waals surface area contributed by atoms with E-state index >= 15 is 0 Å². The van der Waals surface area contributed by atoms with Crippen molar-refractivity contribution in [1.82, 2.24) is 10.2 Å². The summed E-state index contributed by atoms with van der Waals surface area (Å²) in [5.74, 6) is -2.73. The number of ketones is 1. The van der Waals surface area contributed by atoms with Crippen LogP contribution in [0.3, 0.4) is 0 Å². The molecule has 158 valence electrons. The second-order valence-corrected chi connectivity index (χ2v) is 7.37. The average Bonchev–Trinajstić information content (AvgIpc) is 3.13. The first-order valence-electron chi connectivity index (χ1n) is 9.85. The summed E-state index contributed by atoms with van der Waals surface area (Å²) in [4.78, 5) is 50.6. The third-order valence-electron chi connectivity index (χ3n) is 5.20. The van der Waals surface area contributed by atoms with Gasteiger partial charge in [0.05, 0.1) is 11.6 Å². The number of carbonyl (C=O) groups excluding carboxylic acids is 4. The van der Waals surface area contributed by atoms with E-state index in [9.17, 15) is 19.2 Å². The molecule has 0 radical (unpaired) electrons. The molecule has 1 unspecified atom stereocenters. The minimum atomic E-state index is -1.13. The number of nitrogens with two attached hydrogens (primary N) is 1. The zero-order valence-corrected chi connectivity index (χ0v) is 16.8. The van der Waals surface area contributed by atoms with Gasteiger partial charge in [-0.3, -0.25) is 19.2 Å². The van der Waals surface area contributed by atoms with Crippen LogP contribution in [0.1, 0.15) is 29.5 Å². The number of Topliss-reactive ketones (excluding diaryl/α,β-unsaturated/α-hetero) is 1. The monoisotopic (exact) mass is 418 g/mol. The quantitative estimate of drug-likeness (QED) is 0.613. The zero-order valence-electron chi connectivity index (χ0n) is 16.8. The van der Waals surface area contributed by atoms with Crippen molar-refractivity contribution in [2.45, 2.75) is 37.9 Å². The second-order valence-electron chi connectivity index (χ2n) is 7.37. The summed E-state index contributed by atoms with van der Waals surface area (Å²) in [5.41, 5.74) is 7.11. The number of likely N-dealkylation sites (tertiary alicyclic amines) is 1. The lowest BCUT2D eigenvalue weighted by molar-refractivity contribution is -0.140. The van der Waals surface area contributed by atoms with Crippen molar-refractivity contribution in [3.05, 3.63) is 71.3 Å². The van der Waals surface area contributed by atoms with Gasteiger partial charge in [0.2, 0.25) is 17.6 Å².